The van der Waals surface area contributed by atoms with Crippen LogP contribution in [0.3, 0.4) is 0 Å². The number of benzene rings is 2. The second kappa shape index (κ2) is 7.87. The van der Waals surface area contributed by atoms with E-state index >= 15 is 0 Å². The molecule has 2 N–H and O–H groups in total. The number of anilines is 1. The number of methoxy groups -OCH3 is 2. The van der Waals surface area contributed by atoms with Gasteiger partial charge in [-0.2, -0.15) is 0 Å². The van der Waals surface area contributed by atoms with Crippen molar-refractivity contribution in [3.8, 4) is 11.5 Å². The fourth-order valence-electron chi connectivity index (χ4n) is 2.10. The summed E-state index contributed by atoms with van der Waals surface area (Å²) in [4.78, 5) is 23.5. The van der Waals surface area contributed by atoms with Crippen LogP contribution in [0.2, 0.25) is 0 Å². The number of carbonyl (C=O) groups is 2. The van der Waals surface area contributed by atoms with Crippen molar-refractivity contribution in [2.24, 2.45) is 0 Å². The van der Waals surface area contributed by atoms with Crippen molar-refractivity contribution in [1.29, 1.82) is 0 Å². The van der Waals surface area contributed by atoms with Crippen molar-refractivity contribution in [1.82, 2.24) is 0 Å². The molecule has 0 unspecified atom stereocenters. The highest BCUT2D eigenvalue weighted by molar-refractivity contribution is 6.03. The van der Waals surface area contributed by atoms with Gasteiger partial charge in [-0.25, -0.2) is 9.59 Å². The molecule has 0 saturated carbocycles. The van der Waals surface area contributed by atoms with Crippen molar-refractivity contribution in [2.45, 2.75) is 6.61 Å². The van der Waals surface area contributed by atoms with E-state index in [9.17, 15) is 14.7 Å². The predicted molar refractivity (Wildman–Crippen MR) is 86.8 cm³/mol. The van der Waals surface area contributed by atoms with Crippen LogP contribution in [0.5, 0.6) is 11.5 Å². The van der Waals surface area contributed by atoms with E-state index in [-0.39, 0.29) is 29.4 Å². The van der Waals surface area contributed by atoms with Crippen molar-refractivity contribution >= 4 is 17.7 Å². The van der Waals surface area contributed by atoms with E-state index in [1.807, 2.05) is 30.3 Å². The molecule has 2 aromatic carbocycles. The molecule has 0 aromatic heterocycles. The summed E-state index contributed by atoms with van der Waals surface area (Å²) in [5, 5.41) is 11.8. The molecule has 0 aliphatic carbocycles. The summed E-state index contributed by atoms with van der Waals surface area (Å²) in [6, 6.07) is 12.1. The maximum Gasteiger partial charge on any atom is 0.412 e. The first-order valence-corrected chi connectivity index (χ1v) is 7.02. The van der Waals surface area contributed by atoms with E-state index in [4.69, 9.17) is 14.2 Å². The Morgan fingerprint density at radius 2 is 1.62 bits per heavy atom. The third-order valence-corrected chi connectivity index (χ3v) is 3.22. The Balaban J connectivity index is 2.21. The SMILES string of the molecule is COc1ccc(OC)c(C(=O)O)c1NC(=O)OCc1ccccc1. The smallest absolute Gasteiger partial charge is 0.412 e. The number of hydrogen-bond acceptors (Lipinski definition) is 5. The number of hydrogen-bond donors (Lipinski definition) is 2. The van der Waals surface area contributed by atoms with Gasteiger partial charge in [0.25, 0.3) is 0 Å². The summed E-state index contributed by atoms with van der Waals surface area (Å²) in [7, 11) is 2.71. The molecule has 0 bridgehead atoms. The van der Waals surface area contributed by atoms with Crippen molar-refractivity contribution in [2.75, 3.05) is 19.5 Å². The average molecular weight is 331 g/mol. The van der Waals surface area contributed by atoms with E-state index in [0.29, 0.717) is 0 Å². The molecule has 7 heteroatoms. The van der Waals surface area contributed by atoms with Gasteiger partial charge < -0.3 is 19.3 Å². The number of ether oxygens (including phenoxy) is 3. The molecule has 0 fully saturated rings. The van der Waals surface area contributed by atoms with Gasteiger partial charge >= 0.3 is 12.1 Å². The number of aromatic carboxylic acids is 1. The lowest BCUT2D eigenvalue weighted by molar-refractivity contribution is 0.0694. The van der Waals surface area contributed by atoms with Crippen LogP contribution in [0.4, 0.5) is 10.5 Å². The molecular formula is C17H17NO6. The van der Waals surface area contributed by atoms with E-state index < -0.39 is 12.1 Å². The largest absolute Gasteiger partial charge is 0.496 e. The molecule has 126 valence electrons. The quantitative estimate of drug-likeness (QED) is 0.844. The van der Waals surface area contributed by atoms with Gasteiger partial charge in [0.2, 0.25) is 0 Å². The zero-order chi connectivity index (χ0) is 17.5. The molecule has 0 heterocycles. The van der Waals surface area contributed by atoms with E-state index in [1.165, 1.54) is 26.4 Å². The second-order valence-corrected chi connectivity index (χ2v) is 4.71. The maximum atomic E-state index is 12.0. The van der Waals surface area contributed by atoms with Gasteiger partial charge in [-0.05, 0) is 17.7 Å². The molecule has 0 atom stereocenters. The lowest BCUT2D eigenvalue weighted by Gasteiger charge is -2.15. The van der Waals surface area contributed by atoms with Crippen LogP contribution in [0.25, 0.3) is 0 Å². The van der Waals surface area contributed by atoms with Gasteiger partial charge in [0.15, 0.2) is 0 Å². The fourth-order valence-corrected chi connectivity index (χ4v) is 2.10. The monoisotopic (exact) mass is 331 g/mol. The van der Waals surface area contributed by atoms with Gasteiger partial charge in [-0.15, -0.1) is 0 Å². The minimum atomic E-state index is -1.26. The first-order valence-electron chi connectivity index (χ1n) is 7.02. The van der Waals surface area contributed by atoms with Crippen molar-refractivity contribution < 1.29 is 28.9 Å². The van der Waals surface area contributed by atoms with Gasteiger partial charge in [0, 0.05) is 0 Å². The topological polar surface area (TPSA) is 94.1 Å². The van der Waals surface area contributed by atoms with Gasteiger partial charge in [0.1, 0.15) is 29.4 Å². The number of nitrogens with one attached hydrogen (secondary N) is 1. The molecule has 24 heavy (non-hydrogen) atoms. The van der Waals surface area contributed by atoms with Crippen LogP contribution in [-0.4, -0.2) is 31.4 Å². The van der Waals surface area contributed by atoms with Crippen LogP contribution in [-0.2, 0) is 11.3 Å². The molecule has 0 radical (unpaired) electrons. The van der Waals surface area contributed by atoms with Gasteiger partial charge in [0.05, 0.1) is 14.2 Å². The first kappa shape index (κ1) is 17.1. The Labute approximate surface area is 138 Å². The second-order valence-electron chi connectivity index (χ2n) is 4.71. The average Bonchev–Trinajstić information content (AvgIpc) is 2.60. The van der Waals surface area contributed by atoms with Gasteiger partial charge in [-0.1, -0.05) is 30.3 Å². The number of carboxylic acid groups (broad SMARTS) is 1. The number of amides is 1. The zero-order valence-electron chi connectivity index (χ0n) is 13.2. The molecule has 1 amide bonds. The third kappa shape index (κ3) is 3.95. The standard InChI is InChI=1S/C17H17NO6/c1-22-12-8-9-13(23-2)15(14(12)16(19)20)18-17(21)24-10-11-6-4-3-5-7-11/h3-9H,10H2,1-2H3,(H,18,21)(H,19,20). The summed E-state index contributed by atoms with van der Waals surface area (Å²) in [5.41, 5.74) is 0.569. The molecule has 2 aromatic rings. The van der Waals surface area contributed by atoms with Crippen molar-refractivity contribution in [3.63, 3.8) is 0 Å². The highest BCUT2D eigenvalue weighted by Crippen LogP contribution is 2.35. The van der Waals surface area contributed by atoms with Crippen LogP contribution >= 0.6 is 0 Å². The molecule has 0 saturated heterocycles. The van der Waals surface area contributed by atoms with Crippen LogP contribution < -0.4 is 14.8 Å². The summed E-state index contributed by atoms with van der Waals surface area (Å²) in [6.45, 7) is 0.0569. The highest BCUT2D eigenvalue weighted by Gasteiger charge is 2.23. The normalized spacial score (nSPS) is 9.92. The lowest BCUT2D eigenvalue weighted by atomic mass is 10.1. The Morgan fingerprint density at radius 3 is 2.21 bits per heavy atom. The molecule has 2 rings (SSSR count). The lowest BCUT2D eigenvalue weighted by Crippen LogP contribution is -2.17. The molecule has 0 aliphatic heterocycles. The van der Waals surface area contributed by atoms with Crippen LogP contribution in [0.1, 0.15) is 15.9 Å². The number of rotatable bonds is 6. The summed E-state index contributed by atoms with van der Waals surface area (Å²) < 4.78 is 15.2. The Morgan fingerprint density at radius 1 is 1.00 bits per heavy atom. The Bertz CT molecular complexity index is 729. The third-order valence-electron chi connectivity index (χ3n) is 3.22. The molecule has 0 aliphatic rings. The number of carboxylic acids is 1. The van der Waals surface area contributed by atoms with E-state index in [1.54, 1.807) is 0 Å². The van der Waals surface area contributed by atoms with Crippen molar-refractivity contribution in [3.05, 3.63) is 53.6 Å². The Kier molecular flexibility index (Phi) is 5.62. The predicted octanol–water partition coefficient (Wildman–Crippen LogP) is 3.15. The summed E-state index contributed by atoms with van der Waals surface area (Å²) in [5.74, 6) is -0.976. The minimum absolute atomic E-state index is 0.0255. The molecule has 0 spiro atoms. The summed E-state index contributed by atoms with van der Waals surface area (Å²) in [6.07, 6.45) is -0.798. The molecule has 7 nitrogen and oxygen atoms in total. The zero-order valence-corrected chi connectivity index (χ0v) is 13.2. The Hall–Kier alpha value is -3.22. The summed E-state index contributed by atoms with van der Waals surface area (Å²) >= 11 is 0. The van der Waals surface area contributed by atoms with Crippen LogP contribution in [0.15, 0.2) is 42.5 Å². The fraction of sp³-hybridized carbons (Fsp3) is 0.176. The first-order chi connectivity index (χ1) is 11.6. The van der Waals surface area contributed by atoms with E-state index in [2.05, 4.69) is 5.32 Å². The van der Waals surface area contributed by atoms with Gasteiger partial charge in [-0.3, -0.25) is 5.32 Å². The van der Waals surface area contributed by atoms with E-state index in [0.717, 1.165) is 5.56 Å². The maximum absolute atomic E-state index is 12.0. The highest BCUT2D eigenvalue weighted by atomic mass is 16.5. The van der Waals surface area contributed by atoms with Crippen LogP contribution in [0, 0.1) is 0 Å². The number of carbonyl (C=O) groups excluding carboxylic acids is 1. The minimum Gasteiger partial charge on any atom is -0.496 e. The molecular weight excluding hydrogens is 314 g/mol.